The summed E-state index contributed by atoms with van der Waals surface area (Å²) in [6.07, 6.45) is -0.396. The van der Waals surface area contributed by atoms with Crippen molar-refractivity contribution in [2.24, 2.45) is 0 Å². The zero-order chi connectivity index (χ0) is 17.6. The van der Waals surface area contributed by atoms with Crippen LogP contribution in [0.25, 0.3) is 0 Å². The molecule has 1 rings (SSSR count). The molecule has 2 atom stereocenters. The summed E-state index contributed by atoms with van der Waals surface area (Å²) in [4.78, 5) is 11.7. The Hall–Kier alpha value is -1.75. The second-order valence-corrected chi connectivity index (χ2v) is 6.92. The van der Waals surface area contributed by atoms with Crippen molar-refractivity contribution >= 4 is 6.09 Å². The number of benzene rings is 1. The quantitative estimate of drug-likeness (QED) is 0.840. The van der Waals surface area contributed by atoms with Gasteiger partial charge in [0.1, 0.15) is 11.4 Å². The predicted octanol–water partition coefficient (Wildman–Crippen LogP) is 3.57. The van der Waals surface area contributed by atoms with Crippen LogP contribution < -0.4 is 15.4 Å². The number of carbonyl (C=O) groups excluding carboxylic acids is 1. The number of hydrogen-bond acceptors (Lipinski definition) is 4. The van der Waals surface area contributed by atoms with Crippen LogP contribution in [-0.4, -0.2) is 31.4 Å². The maximum Gasteiger partial charge on any atom is 0.407 e. The van der Waals surface area contributed by atoms with Gasteiger partial charge in [-0.2, -0.15) is 0 Å². The molecule has 23 heavy (non-hydrogen) atoms. The molecule has 2 N–H and O–H groups in total. The molecule has 1 amide bonds. The summed E-state index contributed by atoms with van der Waals surface area (Å²) in [5.41, 5.74) is 1.81. The fourth-order valence-electron chi connectivity index (χ4n) is 2.32. The number of rotatable bonds is 6. The summed E-state index contributed by atoms with van der Waals surface area (Å²) in [6.45, 7) is 12.2. The highest BCUT2D eigenvalue weighted by Gasteiger charge is 2.18. The predicted molar refractivity (Wildman–Crippen MR) is 93.0 cm³/mol. The lowest BCUT2D eigenvalue weighted by Crippen LogP contribution is -2.42. The minimum atomic E-state index is -0.483. The molecule has 0 aliphatic heterocycles. The lowest BCUT2D eigenvalue weighted by molar-refractivity contribution is 0.0522. The fourth-order valence-corrected chi connectivity index (χ4v) is 2.32. The minimum absolute atomic E-state index is 0.0998. The van der Waals surface area contributed by atoms with Gasteiger partial charge in [-0.25, -0.2) is 4.79 Å². The highest BCUT2D eigenvalue weighted by atomic mass is 16.6. The van der Waals surface area contributed by atoms with Crippen LogP contribution in [-0.2, 0) is 4.74 Å². The number of methoxy groups -OCH3 is 1. The van der Waals surface area contributed by atoms with Gasteiger partial charge in [0.2, 0.25) is 0 Å². The lowest BCUT2D eigenvalue weighted by Gasteiger charge is -2.24. The number of alkyl carbamates (subject to hydrolysis) is 1. The van der Waals surface area contributed by atoms with Crippen LogP contribution in [0.2, 0.25) is 0 Å². The van der Waals surface area contributed by atoms with Gasteiger partial charge in [0.05, 0.1) is 7.11 Å². The van der Waals surface area contributed by atoms with E-state index in [2.05, 4.69) is 30.5 Å². The van der Waals surface area contributed by atoms with Gasteiger partial charge in [-0.15, -0.1) is 0 Å². The van der Waals surface area contributed by atoms with E-state index in [1.54, 1.807) is 7.11 Å². The van der Waals surface area contributed by atoms with Gasteiger partial charge in [0, 0.05) is 24.2 Å². The maximum atomic E-state index is 11.7. The Kier molecular flexibility index (Phi) is 6.88. The smallest absolute Gasteiger partial charge is 0.407 e. The Morgan fingerprint density at radius 2 is 1.91 bits per heavy atom. The molecule has 130 valence electrons. The monoisotopic (exact) mass is 322 g/mol. The first kappa shape index (κ1) is 19.3. The van der Waals surface area contributed by atoms with E-state index in [0.717, 1.165) is 11.3 Å². The Balaban J connectivity index is 2.55. The van der Waals surface area contributed by atoms with Crippen molar-refractivity contribution in [3.63, 3.8) is 0 Å². The topological polar surface area (TPSA) is 59.6 Å². The zero-order valence-electron chi connectivity index (χ0n) is 15.3. The first-order chi connectivity index (χ1) is 10.6. The maximum absolute atomic E-state index is 11.7. The highest BCUT2D eigenvalue weighted by molar-refractivity contribution is 5.67. The van der Waals surface area contributed by atoms with E-state index in [1.807, 2.05) is 39.8 Å². The number of nitrogens with one attached hydrogen (secondary N) is 2. The summed E-state index contributed by atoms with van der Waals surface area (Å²) in [5, 5.41) is 6.25. The molecule has 0 aliphatic carbocycles. The average Bonchev–Trinajstić information content (AvgIpc) is 2.43. The summed E-state index contributed by atoms with van der Waals surface area (Å²) in [6, 6.07) is 6.34. The normalized spacial score (nSPS) is 14.0. The molecule has 5 nitrogen and oxygen atoms in total. The zero-order valence-corrected chi connectivity index (χ0v) is 15.3. The van der Waals surface area contributed by atoms with Crippen LogP contribution in [0.5, 0.6) is 5.75 Å². The van der Waals surface area contributed by atoms with Crippen LogP contribution in [0.15, 0.2) is 18.2 Å². The Morgan fingerprint density at radius 1 is 1.26 bits per heavy atom. The molecule has 1 aromatic rings. The Morgan fingerprint density at radius 3 is 2.48 bits per heavy atom. The minimum Gasteiger partial charge on any atom is -0.496 e. The first-order valence-corrected chi connectivity index (χ1v) is 8.00. The molecule has 0 fully saturated rings. The van der Waals surface area contributed by atoms with Gasteiger partial charge in [0.15, 0.2) is 0 Å². The van der Waals surface area contributed by atoms with Crippen molar-refractivity contribution in [2.45, 2.75) is 59.2 Å². The van der Waals surface area contributed by atoms with Gasteiger partial charge in [-0.1, -0.05) is 17.7 Å². The standard InChI is InChI=1S/C18H30N2O3/c1-12-8-9-16(22-7)15(10-12)14(3)20-13(2)11-19-17(21)23-18(4,5)6/h8-10,13-14,20H,11H2,1-7H3,(H,19,21). The molecule has 1 aromatic carbocycles. The molecule has 0 saturated heterocycles. The van der Waals surface area contributed by atoms with Gasteiger partial charge in [-0.05, 0) is 47.6 Å². The van der Waals surface area contributed by atoms with E-state index in [1.165, 1.54) is 5.56 Å². The average molecular weight is 322 g/mol. The molecular weight excluding hydrogens is 292 g/mol. The Labute approximate surface area is 139 Å². The second kappa shape index (κ2) is 8.20. The van der Waals surface area contributed by atoms with E-state index in [0.29, 0.717) is 6.54 Å². The van der Waals surface area contributed by atoms with Gasteiger partial charge >= 0.3 is 6.09 Å². The number of ether oxygens (including phenoxy) is 2. The van der Waals surface area contributed by atoms with Crippen LogP contribution in [0.1, 0.15) is 51.8 Å². The molecule has 0 radical (unpaired) electrons. The third kappa shape index (κ3) is 6.91. The van der Waals surface area contributed by atoms with Crippen LogP contribution in [0, 0.1) is 6.92 Å². The Bertz CT molecular complexity index is 523. The highest BCUT2D eigenvalue weighted by Crippen LogP contribution is 2.26. The summed E-state index contributed by atoms with van der Waals surface area (Å²) in [7, 11) is 1.67. The van der Waals surface area contributed by atoms with Crippen molar-refractivity contribution in [2.75, 3.05) is 13.7 Å². The van der Waals surface area contributed by atoms with Gasteiger partial charge < -0.3 is 20.1 Å². The van der Waals surface area contributed by atoms with Crippen molar-refractivity contribution in [1.82, 2.24) is 10.6 Å². The fraction of sp³-hybridized carbons (Fsp3) is 0.611. The van der Waals surface area contributed by atoms with Crippen molar-refractivity contribution in [1.29, 1.82) is 0 Å². The van der Waals surface area contributed by atoms with Gasteiger partial charge in [-0.3, -0.25) is 0 Å². The molecule has 0 heterocycles. The molecular formula is C18H30N2O3. The van der Waals surface area contributed by atoms with E-state index >= 15 is 0 Å². The molecule has 0 aliphatic rings. The van der Waals surface area contributed by atoms with Gasteiger partial charge in [0.25, 0.3) is 0 Å². The number of aryl methyl sites for hydroxylation is 1. The van der Waals surface area contributed by atoms with Crippen LogP contribution in [0.4, 0.5) is 4.79 Å². The van der Waals surface area contributed by atoms with Crippen LogP contribution >= 0.6 is 0 Å². The first-order valence-electron chi connectivity index (χ1n) is 8.00. The van der Waals surface area contributed by atoms with Crippen LogP contribution in [0.3, 0.4) is 0 Å². The summed E-state index contributed by atoms with van der Waals surface area (Å²) >= 11 is 0. The number of hydrogen-bond donors (Lipinski definition) is 2. The van der Waals surface area contributed by atoms with Crippen molar-refractivity contribution in [3.8, 4) is 5.75 Å². The SMILES string of the molecule is COc1ccc(C)cc1C(C)NC(C)CNC(=O)OC(C)(C)C. The van der Waals surface area contributed by atoms with Crippen molar-refractivity contribution < 1.29 is 14.3 Å². The van der Waals surface area contributed by atoms with E-state index in [4.69, 9.17) is 9.47 Å². The van der Waals surface area contributed by atoms with E-state index < -0.39 is 11.7 Å². The summed E-state index contributed by atoms with van der Waals surface area (Å²) in [5.74, 6) is 0.864. The lowest BCUT2D eigenvalue weighted by atomic mass is 10.0. The molecule has 0 bridgehead atoms. The largest absolute Gasteiger partial charge is 0.496 e. The summed E-state index contributed by atoms with van der Waals surface area (Å²) < 4.78 is 10.7. The van der Waals surface area contributed by atoms with E-state index in [-0.39, 0.29) is 12.1 Å². The third-order valence-electron chi connectivity index (χ3n) is 3.34. The molecule has 5 heteroatoms. The third-order valence-corrected chi connectivity index (χ3v) is 3.34. The number of carbonyl (C=O) groups is 1. The van der Waals surface area contributed by atoms with E-state index in [9.17, 15) is 4.79 Å². The second-order valence-electron chi connectivity index (χ2n) is 6.92. The van der Waals surface area contributed by atoms with Crippen molar-refractivity contribution in [3.05, 3.63) is 29.3 Å². The molecule has 0 spiro atoms. The molecule has 2 unspecified atom stereocenters. The molecule has 0 saturated carbocycles. The number of amides is 1. The molecule has 0 aromatic heterocycles.